The van der Waals surface area contributed by atoms with E-state index in [1.165, 1.54) is 4.90 Å². The molecule has 1 N–H and O–H groups in total. The van der Waals surface area contributed by atoms with E-state index in [0.717, 1.165) is 10.0 Å². The summed E-state index contributed by atoms with van der Waals surface area (Å²) >= 11 is 9.32. The highest BCUT2D eigenvalue weighted by molar-refractivity contribution is 9.10. The normalized spacial score (nSPS) is 12.2. The molecule has 156 valence electrons. The fraction of sp³-hybridized carbons (Fsp3) is 0.364. The van der Waals surface area contributed by atoms with E-state index in [1.807, 2.05) is 45.0 Å². The molecular formula is C22H26BrClN2O3. The Morgan fingerprint density at radius 2 is 1.83 bits per heavy atom. The fourth-order valence-electron chi connectivity index (χ4n) is 2.65. The van der Waals surface area contributed by atoms with E-state index in [-0.39, 0.29) is 18.4 Å². The van der Waals surface area contributed by atoms with E-state index in [4.69, 9.17) is 16.3 Å². The molecule has 0 aliphatic heterocycles. The Bertz CT molecular complexity index is 850. The van der Waals surface area contributed by atoms with E-state index in [1.54, 1.807) is 31.2 Å². The summed E-state index contributed by atoms with van der Waals surface area (Å²) < 4.78 is 6.51. The standard InChI is InChI=1S/C22H26BrClN2O3/c1-15(21(28)25-22(2,3)4)26(13-16-6-5-7-17(23)12-16)20(27)14-29-19-10-8-18(24)9-11-19/h5-12,15H,13-14H2,1-4H3,(H,25,28)/t15-/m0/s1. The molecule has 2 aromatic rings. The van der Waals surface area contributed by atoms with Gasteiger partial charge in [0.05, 0.1) is 0 Å². The summed E-state index contributed by atoms with van der Waals surface area (Å²) in [5.41, 5.74) is 0.518. The van der Waals surface area contributed by atoms with Crippen LogP contribution in [0.15, 0.2) is 53.0 Å². The lowest BCUT2D eigenvalue weighted by Crippen LogP contribution is -2.53. The van der Waals surface area contributed by atoms with Crippen molar-refractivity contribution in [1.82, 2.24) is 10.2 Å². The van der Waals surface area contributed by atoms with Gasteiger partial charge in [0.1, 0.15) is 11.8 Å². The zero-order valence-corrected chi connectivity index (χ0v) is 19.4. The Balaban J connectivity index is 2.16. The van der Waals surface area contributed by atoms with Crippen LogP contribution in [0.25, 0.3) is 0 Å². The second-order valence-corrected chi connectivity index (χ2v) is 9.16. The van der Waals surface area contributed by atoms with Crippen LogP contribution in [-0.4, -0.2) is 34.9 Å². The van der Waals surface area contributed by atoms with Gasteiger partial charge in [-0.25, -0.2) is 0 Å². The molecule has 0 saturated carbocycles. The lowest BCUT2D eigenvalue weighted by molar-refractivity contribution is -0.142. The van der Waals surface area contributed by atoms with Crippen molar-refractivity contribution in [2.75, 3.05) is 6.61 Å². The van der Waals surface area contributed by atoms with Crippen molar-refractivity contribution in [3.05, 3.63) is 63.6 Å². The van der Waals surface area contributed by atoms with Gasteiger partial charge in [0.15, 0.2) is 6.61 Å². The number of carbonyl (C=O) groups is 2. The van der Waals surface area contributed by atoms with Gasteiger partial charge < -0.3 is 15.0 Å². The summed E-state index contributed by atoms with van der Waals surface area (Å²) in [6.07, 6.45) is 0. The maximum absolute atomic E-state index is 13.0. The molecule has 7 heteroatoms. The van der Waals surface area contributed by atoms with E-state index in [2.05, 4.69) is 21.2 Å². The largest absolute Gasteiger partial charge is 0.484 e. The number of ether oxygens (including phenoxy) is 1. The quantitative estimate of drug-likeness (QED) is 0.617. The van der Waals surface area contributed by atoms with Crippen molar-refractivity contribution in [3.63, 3.8) is 0 Å². The number of amides is 2. The number of benzene rings is 2. The summed E-state index contributed by atoms with van der Waals surface area (Å²) in [5.74, 6) is 0.0424. The van der Waals surface area contributed by atoms with Crippen molar-refractivity contribution in [1.29, 1.82) is 0 Å². The van der Waals surface area contributed by atoms with Crippen LogP contribution in [0.1, 0.15) is 33.3 Å². The molecule has 0 fully saturated rings. The van der Waals surface area contributed by atoms with Crippen LogP contribution in [0.5, 0.6) is 5.75 Å². The first-order valence-corrected chi connectivity index (χ1v) is 10.5. The molecular weight excluding hydrogens is 456 g/mol. The zero-order chi connectivity index (χ0) is 21.6. The van der Waals surface area contributed by atoms with Gasteiger partial charge >= 0.3 is 0 Å². The van der Waals surface area contributed by atoms with Gasteiger partial charge in [0.25, 0.3) is 5.91 Å². The van der Waals surface area contributed by atoms with Gasteiger partial charge in [-0.1, -0.05) is 39.7 Å². The molecule has 0 spiro atoms. The average Bonchev–Trinajstić information content (AvgIpc) is 2.63. The Hall–Kier alpha value is -2.05. The van der Waals surface area contributed by atoms with Crippen molar-refractivity contribution in [3.8, 4) is 5.75 Å². The number of halogens is 2. The van der Waals surface area contributed by atoms with Crippen LogP contribution in [0.2, 0.25) is 5.02 Å². The molecule has 0 aliphatic rings. The molecule has 0 unspecified atom stereocenters. The summed E-state index contributed by atoms with van der Waals surface area (Å²) in [6, 6.07) is 13.8. The van der Waals surface area contributed by atoms with Crippen molar-refractivity contribution < 1.29 is 14.3 Å². The summed E-state index contributed by atoms with van der Waals surface area (Å²) in [5, 5.41) is 3.52. The van der Waals surface area contributed by atoms with Gasteiger partial charge in [-0.05, 0) is 69.7 Å². The Kier molecular flexibility index (Phi) is 8.11. The van der Waals surface area contributed by atoms with E-state index < -0.39 is 11.6 Å². The second kappa shape index (κ2) is 10.1. The third-order valence-corrected chi connectivity index (χ3v) is 4.83. The van der Waals surface area contributed by atoms with Gasteiger partial charge in [-0.15, -0.1) is 0 Å². The lowest BCUT2D eigenvalue weighted by Gasteiger charge is -2.31. The number of rotatable bonds is 7. The highest BCUT2D eigenvalue weighted by Crippen LogP contribution is 2.18. The van der Waals surface area contributed by atoms with E-state index >= 15 is 0 Å². The molecule has 0 radical (unpaired) electrons. The van der Waals surface area contributed by atoms with E-state index in [0.29, 0.717) is 17.3 Å². The molecule has 0 bridgehead atoms. The third-order valence-electron chi connectivity index (χ3n) is 4.08. The molecule has 0 heterocycles. The fourth-order valence-corrected chi connectivity index (χ4v) is 3.22. The van der Waals surface area contributed by atoms with Crippen molar-refractivity contribution in [2.24, 2.45) is 0 Å². The highest BCUT2D eigenvalue weighted by Gasteiger charge is 2.28. The van der Waals surface area contributed by atoms with E-state index in [9.17, 15) is 9.59 Å². The first-order chi connectivity index (χ1) is 13.5. The Morgan fingerprint density at radius 3 is 2.41 bits per heavy atom. The molecule has 2 aromatic carbocycles. The summed E-state index contributed by atoms with van der Waals surface area (Å²) in [7, 11) is 0. The minimum Gasteiger partial charge on any atom is -0.484 e. The zero-order valence-electron chi connectivity index (χ0n) is 17.0. The molecule has 2 amide bonds. The number of carbonyl (C=O) groups excluding carboxylic acids is 2. The maximum atomic E-state index is 13.0. The second-order valence-electron chi connectivity index (χ2n) is 7.81. The van der Waals surface area contributed by atoms with Gasteiger partial charge in [-0.2, -0.15) is 0 Å². The minimum atomic E-state index is -0.658. The molecule has 0 aromatic heterocycles. The molecule has 0 saturated heterocycles. The van der Waals surface area contributed by atoms with Crippen LogP contribution in [0.4, 0.5) is 0 Å². The predicted molar refractivity (Wildman–Crippen MR) is 119 cm³/mol. The first-order valence-electron chi connectivity index (χ1n) is 9.29. The van der Waals surface area contributed by atoms with Gasteiger partial charge in [-0.3, -0.25) is 9.59 Å². The van der Waals surface area contributed by atoms with Crippen LogP contribution in [-0.2, 0) is 16.1 Å². The monoisotopic (exact) mass is 480 g/mol. The number of hydrogen-bond donors (Lipinski definition) is 1. The number of hydrogen-bond acceptors (Lipinski definition) is 3. The molecule has 1 atom stereocenters. The van der Waals surface area contributed by atoms with Crippen molar-refractivity contribution >= 4 is 39.3 Å². The van der Waals surface area contributed by atoms with Crippen molar-refractivity contribution in [2.45, 2.75) is 45.8 Å². The number of nitrogens with zero attached hydrogens (tertiary/aromatic N) is 1. The third kappa shape index (κ3) is 7.71. The topological polar surface area (TPSA) is 58.6 Å². The minimum absolute atomic E-state index is 0.178. The van der Waals surface area contributed by atoms with Gasteiger partial charge in [0.2, 0.25) is 5.91 Å². The first kappa shape index (κ1) is 23.2. The maximum Gasteiger partial charge on any atom is 0.261 e. The summed E-state index contributed by atoms with van der Waals surface area (Å²) in [4.78, 5) is 27.2. The smallest absolute Gasteiger partial charge is 0.261 e. The lowest BCUT2D eigenvalue weighted by atomic mass is 10.1. The van der Waals surface area contributed by atoms with Crippen LogP contribution in [0, 0.1) is 0 Å². The van der Waals surface area contributed by atoms with Crippen LogP contribution in [0.3, 0.4) is 0 Å². The Labute approximate surface area is 185 Å². The van der Waals surface area contributed by atoms with Gasteiger partial charge in [0, 0.05) is 21.6 Å². The molecule has 5 nitrogen and oxygen atoms in total. The summed E-state index contributed by atoms with van der Waals surface area (Å²) in [6.45, 7) is 7.55. The van der Waals surface area contributed by atoms with Crippen LogP contribution >= 0.6 is 27.5 Å². The molecule has 2 rings (SSSR count). The number of nitrogens with one attached hydrogen (secondary N) is 1. The SMILES string of the molecule is C[C@@H](C(=O)NC(C)(C)C)N(Cc1cccc(Br)c1)C(=O)COc1ccc(Cl)cc1. The predicted octanol–water partition coefficient (Wildman–Crippen LogP) is 4.81. The molecule has 0 aliphatic carbocycles. The Morgan fingerprint density at radius 1 is 1.17 bits per heavy atom. The molecule has 29 heavy (non-hydrogen) atoms. The van der Waals surface area contributed by atoms with Crippen LogP contribution < -0.4 is 10.1 Å². The highest BCUT2D eigenvalue weighted by atomic mass is 79.9. The average molecular weight is 482 g/mol.